The highest BCUT2D eigenvalue weighted by Crippen LogP contribution is 2.18. The number of nitrogens with zero attached hydrogens (tertiary/aromatic N) is 4. The Morgan fingerprint density at radius 1 is 1.37 bits per heavy atom. The molecule has 6 nitrogen and oxygen atoms in total. The second kappa shape index (κ2) is 5.52. The van der Waals surface area contributed by atoms with Gasteiger partial charge in [-0.25, -0.2) is 0 Å². The normalized spacial score (nSPS) is 20.8. The van der Waals surface area contributed by atoms with Crippen molar-refractivity contribution in [2.24, 2.45) is 5.73 Å². The third-order valence-corrected chi connectivity index (χ3v) is 3.52. The molecule has 1 fully saturated rings. The Kier molecular flexibility index (Phi) is 3.99. The number of rotatable bonds is 3. The maximum atomic E-state index is 11.6. The summed E-state index contributed by atoms with van der Waals surface area (Å²) in [7, 11) is 0. The van der Waals surface area contributed by atoms with E-state index in [2.05, 4.69) is 33.8 Å². The SMILES string of the molecule is Cc1ccc(N2CCN(C(C)C)[C@@H](C(N)=O)C2)nn1. The lowest BCUT2D eigenvalue weighted by molar-refractivity contribution is -0.124. The first-order chi connectivity index (χ1) is 8.99. The van der Waals surface area contributed by atoms with Crippen LogP contribution in [0.25, 0.3) is 0 Å². The zero-order valence-corrected chi connectivity index (χ0v) is 11.7. The number of primary amides is 1. The predicted molar refractivity (Wildman–Crippen MR) is 73.8 cm³/mol. The molecule has 1 aliphatic rings. The van der Waals surface area contributed by atoms with Crippen molar-refractivity contribution in [3.8, 4) is 0 Å². The van der Waals surface area contributed by atoms with E-state index in [9.17, 15) is 4.79 Å². The number of carbonyl (C=O) groups excluding carboxylic acids is 1. The van der Waals surface area contributed by atoms with Gasteiger partial charge in [-0.2, -0.15) is 5.10 Å². The van der Waals surface area contributed by atoms with Gasteiger partial charge in [-0.15, -0.1) is 5.10 Å². The van der Waals surface area contributed by atoms with Crippen molar-refractivity contribution in [1.82, 2.24) is 15.1 Å². The maximum absolute atomic E-state index is 11.6. The molecule has 0 radical (unpaired) electrons. The van der Waals surface area contributed by atoms with Crippen LogP contribution in [0.3, 0.4) is 0 Å². The molecule has 1 aliphatic heterocycles. The molecule has 0 saturated carbocycles. The van der Waals surface area contributed by atoms with Gasteiger partial charge in [0.15, 0.2) is 5.82 Å². The van der Waals surface area contributed by atoms with Crippen LogP contribution in [-0.4, -0.2) is 52.7 Å². The Labute approximate surface area is 113 Å². The number of aryl methyl sites for hydroxylation is 1. The highest BCUT2D eigenvalue weighted by atomic mass is 16.1. The zero-order chi connectivity index (χ0) is 14.0. The van der Waals surface area contributed by atoms with Gasteiger partial charge in [0.25, 0.3) is 0 Å². The molecule has 1 aromatic heterocycles. The van der Waals surface area contributed by atoms with Crippen LogP contribution in [-0.2, 0) is 4.79 Å². The van der Waals surface area contributed by atoms with Gasteiger partial charge in [0.2, 0.25) is 5.91 Å². The molecule has 2 heterocycles. The first kappa shape index (κ1) is 13.7. The van der Waals surface area contributed by atoms with E-state index in [1.807, 2.05) is 19.1 Å². The fraction of sp³-hybridized carbons (Fsp3) is 0.615. The highest BCUT2D eigenvalue weighted by molar-refractivity contribution is 5.81. The molecule has 2 rings (SSSR count). The predicted octanol–water partition coefficient (Wildman–Crippen LogP) is 0.169. The topological polar surface area (TPSA) is 75.3 Å². The summed E-state index contributed by atoms with van der Waals surface area (Å²) in [4.78, 5) is 15.8. The van der Waals surface area contributed by atoms with E-state index in [4.69, 9.17) is 5.73 Å². The zero-order valence-electron chi connectivity index (χ0n) is 11.7. The number of aromatic nitrogens is 2. The summed E-state index contributed by atoms with van der Waals surface area (Å²) in [5.74, 6) is 0.527. The summed E-state index contributed by atoms with van der Waals surface area (Å²) < 4.78 is 0. The molecule has 104 valence electrons. The number of amides is 1. The minimum atomic E-state index is -0.279. The summed E-state index contributed by atoms with van der Waals surface area (Å²) >= 11 is 0. The standard InChI is InChI=1S/C13H21N5O/c1-9(2)18-7-6-17(8-11(18)13(14)19)12-5-4-10(3)15-16-12/h4-5,9,11H,6-8H2,1-3H3,(H2,14,19)/t11-/m1/s1. The molecular weight excluding hydrogens is 242 g/mol. The Hall–Kier alpha value is -1.69. The van der Waals surface area contributed by atoms with Crippen molar-refractivity contribution in [3.63, 3.8) is 0 Å². The van der Waals surface area contributed by atoms with E-state index in [0.717, 1.165) is 24.6 Å². The average Bonchev–Trinajstić information content (AvgIpc) is 2.38. The van der Waals surface area contributed by atoms with Crippen LogP contribution in [0, 0.1) is 6.92 Å². The van der Waals surface area contributed by atoms with E-state index in [-0.39, 0.29) is 11.9 Å². The molecule has 0 aliphatic carbocycles. The van der Waals surface area contributed by atoms with Gasteiger partial charge in [-0.3, -0.25) is 9.69 Å². The average molecular weight is 263 g/mol. The molecule has 1 aromatic rings. The smallest absolute Gasteiger partial charge is 0.236 e. The molecule has 0 unspecified atom stereocenters. The highest BCUT2D eigenvalue weighted by Gasteiger charge is 2.32. The van der Waals surface area contributed by atoms with Crippen LogP contribution in [0.5, 0.6) is 0 Å². The lowest BCUT2D eigenvalue weighted by Crippen LogP contribution is -2.60. The van der Waals surface area contributed by atoms with Crippen LogP contribution < -0.4 is 10.6 Å². The fourth-order valence-corrected chi connectivity index (χ4v) is 2.44. The molecule has 6 heteroatoms. The maximum Gasteiger partial charge on any atom is 0.236 e. The lowest BCUT2D eigenvalue weighted by atomic mass is 10.1. The van der Waals surface area contributed by atoms with Crippen molar-refractivity contribution in [2.75, 3.05) is 24.5 Å². The molecule has 0 aromatic carbocycles. The van der Waals surface area contributed by atoms with Crippen LogP contribution in [0.1, 0.15) is 19.5 Å². The van der Waals surface area contributed by atoms with Crippen molar-refractivity contribution >= 4 is 11.7 Å². The van der Waals surface area contributed by atoms with E-state index >= 15 is 0 Å². The number of hydrogen-bond donors (Lipinski definition) is 1. The minimum Gasteiger partial charge on any atom is -0.368 e. The molecule has 1 atom stereocenters. The number of piperazine rings is 1. The summed E-state index contributed by atoms with van der Waals surface area (Å²) in [6.07, 6.45) is 0. The van der Waals surface area contributed by atoms with Crippen molar-refractivity contribution < 1.29 is 4.79 Å². The second-order valence-corrected chi connectivity index (χ2v) is 5.23. The van der Waals surface area contributed by atoms with Gasteiger partial charge >= 0.3 is 0 Å². The van der Waals surface area contributed by atoms with Gasteiger partial charge < -0.3 is 10.6 Å². The van der Waals surface area contributed by atoms with Crippen LogP contribution in [0.2, 0.25) is 0 Å². The number of nitrogens with two attached hydrogens (primary N) is 1. The third kappa shape index (κ3) is 3.01. The van der Waals surface area contributed by atoms with Crippen molar-refractivity contribution in [2.45, 2.75) is 32.9 Å². The van der Waals surface area contributed by atoms with Gasteiger partial charge in [0.1, 0.15) is 6.04 Å². The van der Waals surface area contributed by atoms with E-state index in [0.29, 0.717) is 12.6 Å². The number of hydrogen-bond acceptors (Lipinski definition) is 5. The van der Waals surface area contributed by atoms with E-state index in [1.54, 1.807) is 0 Å². The molecule has 0 bridgehead atoms. The van der Waals surface area contributed by atoms with Crippen molar-refractivity contribution in [3.05, 3.63) is 17.8 Å². The lowest BCUT2D eigenvalue weighted by Gasteiger charge is -2.42. The fourth-order valence-electron chi connectivity index (χ4n) is 2.44. The largest absolute Gasteiger partial charge is 0.368 e. The number of anilines is 1. The monoisotopic (exact) mass is 263 g/mol. The van der Waals surface area contributed by atoms with E-state index in [1.165, 1.54) is 0 Å². The van der Waals surface area contributed by atoms with Crippen molar-refractivity contribution in [1.29, 1.82) is 0 Å². The first-order valence-electron chi connectivity index (χ1n) is 6.59. The Balaban J connectivity index is 2.14. The minimum absolute atomic E-state index is 0.267. The van der Waals surface area contributed by atoms with Gasteiger partial charge in [0.05, 0.1) is 5.69 Å². The second-order valence-electron chi connectivity index (χ2n) is 5.23. The third-order valence-electron chi connectivity index (χ3n) is 3.52. The summed E-state index contributed by atoms with van der Waals surface area (Å²) in [5, 5.41) is 8.23. The molecular formula is C13H21N5O. The first-order valence-corrected chi connectivity index (χ1v) is 6.59. The van der Waals surface area contributed by atoms with Crippen LogP contribution >= 0.6 is 0 Å². The quantitative estimate of drug-likeness (QED) is 0.841. The van der Waals surface area contributed by atoms with Gasteiger partial charge in [0, 0.05) is 25.7 Å². The molecule has 1 amide bonds. The molecule has 1 saturated heterocycles. The summed E-state index contributed by atoms with van der Waals surface area (Å²) in [6.45, 7) is 8.28. The Bertz CT molecular complexity index is 445. The van der Waals surface area contributed by atoms with Gasteiger partial charge in [-0.1, -0.05) is 0 Å². The summed E-state index contributed by atoms with van der Waals surface area (Å²) in [5.41, 5.74) is 6.40. The summed E-state index contributed by atoms with van der Waals surface area (Å²) in [6, 6.07) is 3.91. The Morgan fingerprint density at radius 3 is 2.63 bits per heavy atom. The van der Waals surface area contributed by atoms with Gasteiger partial charge in [-0.05, 0) is 32.9 Å². The van der Waals surface area contributed by atoms with Crippen LogP contribution in [0.15, 0.2) is 12.1 Å². The van der Waals surface area contributed by atoms with Crippen LogP contribution in [0.4, 0.5) is 5.82 Å². The molecule has 19 heavy (non-hydrogen) atoms. The number of carbonyl (C=O) groups is 1. The van der Waals surface area contributed by atoms with E-state index < -0.39 is 0 Å². The molecule has 2 N–H and O–H groups in total. The molecule has 0 spiro atoms. The Morgan fingerprint density at radius 2 is 2.11 bits per heavy atom.